The molecule has 1 aliphatic carbocycles. The first-order valence-corrected chi connectivity index (χ1v) is 6.73. The van der Waals surface area contributed by atoms with E-state index in [1.54, 1.807) is 6.07 Å². The zero-order valence-electron chi connectivity index (χ0n) is 10.6. The number of pyridine rings is 1. The predicted molar refractivity (Wildman–Crippen MR) is 69.4 cm³/mol. The highest BCUT2D eigenvalue weighted by Crippen LogP contribution is 2.40. The van der Waals surface area contributed by atoms with Gasteiger partial charge in [0.1, 0.15) is 5.82 Å². The van der Waals surface area contributed by atoms with E-state index in [-0.39, 0.29) is 18.7 Å². The molecular formula is C13H14ClF3N2O. The first-order valence-electron chi connectivity index (χ1n) is 6.35. The first kappa shape index (κ1) is 15.1. The second-order valence-corrected chi connectivity index (χ2v) is 5.39. The maximum atomic E-state index is 12.7. The monoisotopic (exact) mass is 306 g/mol. The summed E-state index contributed by atoms with van der Waals surface area (Å²) in [6.45, 7) is 0. The molecule has 1 saturated carbocycles. The molecule has 3 nitrogen and oxygen atoms in total. The number of nitrogens with zero attached hydrogens (tertiary/aromatic N) is 1. The van der Waals surface area contributed by atoms with Gasteiger partial charge in [-0.1, -0.05) is 18.0 Å². The number of hydrogen-bond donors (Lipinski definition) is 1. The lowest BCUT2D eigenvalue weighted by atomic mass is 9.80. The lowest BCUT2D eigenvalue weighted by Gasteiger charge is -2.29. The zero-order valence-corrected chi connectivity index (χ0v) is 11.3. The second-order valence-electron chi connectivity index (χ2n) is 4.95. The van der Waals surface area contributed by atoms with Crippen LogP contribution in [0.2, 0.25) is 5.02 Å². The minimum atomic E-state index is -4.23. The van der Waals surface area contributed by atoms with Gasteiger partial charge in [-0.3, -0.25) is 4.79 Å². The summed E-state index contributed by atoms with van der Waals surface area (Å²) < 4.78 is 38.1. The van der Waals surface area contributed by atoms with Crippen molar-refractivity contribution in [3.8, 4) is 0 Å². The van der Waals surface area contributed by atoms with E-state index in [4.69, 9.17) is 11.6 Å². The van der Waals surface area contributed by atoms with E-state index in [2.05, 4.69) is 10.3 Å². The lowest BCUT2D eigenvalue weighted by molar-refractivity contribution is -0.185. The third-order valence-electron chi connectivity index (χ3n) is 3.48. The van der Waals surface area contributed by atoms with E-state index in [9.17, 15) is 18.0 Å². The molecule has 1 aromatic rings. The fraction of sp³-hybridized carbons (Fsp3) is 0.538. The van der Waals surface area contributed by atoms with Gasteiger partial charge in [0.05, 0.1) is 5.92 Å². The lowest BCUT2D eigenvalue weighted by Crippen LogP contribution is -2.34. The van der Waals surface area contributed by atoms with Crippen LogP contribution < -0.4 is 5.32 Å². The smallest absolute Gasteiger partial charge is 0.310 e. The van der Waals surface area contributed by atoms with Crippen LogP contribution in [0.15, 0.2) is 18.3 Å². The van der Waals surface area contributed by atoms with Crippen molar-refractivity contribution in [1.82, 2.24) is 4.98 Å². The maximum absolute atomic E-state index is 12.7. The van der Waals surface area contributed by atoms with Crippen molar-refractivity contribution in [2.75, 3.05) is 5.32 Å². The molecule has 7 heteroatoms. The van der Waals surface area contributed by atoms with Crippen molar-refractivity contribution in [3.63, 3.8) is 0 Å². The number of rotatable bonds is 2. The van der Waals surface area contributed by atoms with Gasteiger partial charge >= 0.3 is 6.18 Å². The first-order chi connectivity index (χ1) is 9.36. The number of anilines is 1. The predicted octanol–water partition coefficient (Wildman–Crippen LogP) is 4.04. The van der Waals surface area contributed by atoms with Crippen LogP contribution in [-0.2, 0) is 4.79 Å². The molecule has 1 heterocycles. The standard InChI is InChI=1S/C13H14ClF3N2O/c14-10-4-5-18-11(7-10)19-12(20)8-2-1-3-9(6-8)13(15,16)17/h4-5,7-9H,1-3,6H2,(H,18,19,20). The average Bonchev–Trinajstić information content (AvgIpc) is 2.38. The van der Waals surface area contributed by atoms with Crippen LogP contribution >= 0.6 is 11.6 Å². The van der Waals surface area contributed by atoms with Crippen molar-refractivity contribution in [3.05, 3.63) is 23.4 Å². The summed E-state index contributed by atoms with van der Waals surface area (Å²) in [6.07, 6.45) is -1.98. The Morgan fingerprint density at radius 3 is 2.80 bits per heavy atom. The summed E-state index contributed by atoms with van der Waals surface area (Å²) in [5.41, 5.74) is 0. The van der Waals surface area contributed by atoms with Gasteiger partial charge in [-0.05, 0) is 31.4 Å². The molecule has 0 bridgehead atoms. The highest BCUT2D eigenvalue weighted by atomic mass is 35.5. The molecule has 0 radical (unpaired) electrons. The molecular weight excluding hydrogens is 293 g/mol. The fourth-order valence-corrected chi connectivity index (χ4v) is 2.59. The molecule has 1 aromatic heterocycles. The van der Waals surface area contributed by atoms with E-state index < -0.39 is 23.9 Å². The van der Waals surface area contributed by atoms with Crippen molar-refractivity contribution in [1.29, 1.82) is 0 Å². The third-order valence-corrected chi connectivity index (χ3v) is 3.72. The van der Waals surface area contributed by atoms with E-state index in [1.165, 1.54) is 12.3 Å². The minimum Gasteiger partial charge on any atom is -0.310 e. The zero-order chi connectivity index (χ0) is 14.8. The Balaban J connectivity index is 1.99. The summed E-state index contributed by atoms with van der Waals surface area (Å²) in [6, 6.07) is 3.01. The van der Waals surface area contributed by atoms with Crippen molar-refractivity contribution in [2.45, 2.75) is 31.9 Å². The SMILES string of the molecule is O=C(Nc1cc(Cl)ccn1)C1CCCC(C(F)(F)F)C1. The van der Waals surface area contributed by atoms with Crippen molar-refractivity contribution in [2.24, 2.45) is 11.8 Å². The Labute approximate surface area is 119 Å². The summed E-state index contributed by atoms with van der Waals surface area (Å²) in [4.78, 5) is 15.9. The number of alkyl halides is 3. The van der Waals surface area contributed by atoms with E-state index >= 15 is 0 Å². The Bertz CT molecular complexity index is 493. The largest absolute Gasteiger partial charge is 0.391 e. The van der Waals surface area contributed by atoms with Gasteiger partial charge < -0.3 is 5.32 Å². The Hall–Kier alpha value is -1.30. The molecule has 1 fully saturated rings. The van der Waals surface area contributed by atoms with Crippen LogP contribution in [0.3, 0.4) is 0 Å². The molecule has 2 rings (SSSR count). The van der Waals surface area contributed by atoms with Gasteiger partial charge in [-0.25, -0.2) is 4.98 Å². The molecule has 110 valence electrons. The van der Waals surface area contributed by atoms with Crippen LogP contribution in [0.4, 0.5) is 19.0 Å². The van der Waals surface area contributed by atoms with Crippen LogP contribution in [-0.4, -0.2) is 17.1 Å². The summed E-state index contributed by atoms with van der Waals surface area (Å²) in [7, 11) is 0. The molecule has 0 aliphatic heterocycles. The summed E-state index contributed by atoms with van der Waals surface area (Å²) in [5, 5.41) is 2.93. The molecule has 1 N–H and O–H groups in total. The quantitative estimate of drug-likeness (QED) is 0.896. The number of amides is 1. The van der Waals surface area contributed by atoms with E-state index in [1.807, 2.05) is 0 Å². The molecule has 1 aliphatic rings. The molecule has 2 atom stereocenters. The second kappa shape index (κ2) is 5.99. The maximum Gasteiger partial charge on any atom is 0.391 e. The minimum absolute atomic E-state index is 0.0999. The molecule has 0 aromatic carbocycles. The van der Waals surface area contributed by atoms with Gasteiger partial charge in [0.15, 0.2) is 0 Å². The highest BCUT2D eigenvalue weighted by molar-refractivity contribution is 6.30. The van der Waals surface area contributed by atoms with Crippen LogP contribution in [0.5, 0.6) is 0 Å². The average molecular weight is 307 g/mol. The summed E-state index contributed by atoms with van der Waals surface area (Å²) in [5.74, 6) is -2.18. The number of hydrogen-bond acceptors (Lipinski definition) is 2. The van der Waals surface area contributed by atoms with Gasteiger partial charge in [-0.2, -0.15) is 13.2 Å². The van der Waals surface area contributed by atoms with Gasteiger partial charge in [-0.15, -0.1) is 0 Å². The molecule has 2 unspecified atom stereocenters. The van der Waals surface area contributed by atoms with E-state index in [0.717, 1.165) is 0 Å². The Morgan fingerprint density at radius 1 is 1.40 bits per heavy atom. The van der Waals surface area contributed by atoms with Gasteiger partial charge in [0.25, 0.3) is 0 Å². The number of carbonyl (C=O) groups excluding carboxylic acids is 1. The van der Waals surface area contributed by atoms with Gasteiger partial charge in [0.2, 0.25) is 5.91 Å². The van der Waals surface area contributed by atoms with Crippen molar-refractivity contribution >= 4 is 23.3 Å². The number of nitrogens with one attached hydrogen (secondary N) is 1. The number of halogens is 4. The normalized spacial score (nSPS) is 23.4. The van der Waals surface area contributed by atoms with Gasteiger partial charge in [0, 0.05) is 17.1 Å². The molecule has 20 heavy (non-hydrogen) atoms. The van der Waals surface area contributed by atoms with Crippen LogP contribution in [0.25, 0.3) is 0 Å². The Kier molecular flexibility index (Phi) is 4.52. The topological polar surface area (TPSA) is 42.0 Å². The Morgan fingerprint density at radius 2 is 2.15 bits per heavy atom. The molecule has 1 amide bonds. The third kappa shape index (κ3) is 3.85. The van der Waals surface area contributed by atoms with E-state index in [0.29, 0.717) is 17.9 Å². The molecule has 0 saturated heterocycles. The van der Waals surface area contributed by atoms with Crippen LogP contribution in [0.1, 0.15) is 25.7 Å². The fourth-order valence-electron chi connectivity index (χ4n) is 2.43. The number of aromatic nitrogens is 1. The summed E-state index contributed by atoms with van der Waals surface area (Å²) >= 11 is 5.76. The number of carbonyl (C=O) groups is 1. The van der Waals surface area contributed by atoms with Crippen LogP contribution in [0, 0.1) is 11.8 Å². The van der Waals surface area contributed by atoms with Crippen molar-refractivity contribution < 1.29 is 18.0 Å². The highest BCUT2D eigenvalue weighted by Gasteiger charge is 2.43. The molecule has 0 spiro atoms.